The molecule has 0 aromatic heterocycles. The summed E-state index contributed by atoms with van der Waals surface area (Å²) in [5.74, 6) is -0.773. The molecule has 0 N–H and O–H groups in total. The van der Waals surface area contributed by atoms with Gasteiger partial charge in [-0.15, -0.1) is 0 Å². The molecular weight excluding hydrogens is 354 g/mol. The molecule has 2 rings (SSSR count). The van der Waals surface area contributed by atoms with Gasteiger partial charge in [-0.3, -0.25) is 4.79 Å². The largest absolute Gasteiger partial charge is 0.294 e. The van der Waals surface area contributed by atoms with Crippen molar-refractivity contribution in [1.29, 1.82) is 0 Å². The van der Waals surface area contributed by atoms with Crippen LogP contribution in [-0.2, 0) is 6.42 Å². The number of ketones is 1. The van der Waals surface area contributed by atoms with Crippen LogP contribution in [0.3, 0.4) is 0 Å². The number of carbonyl (C=O) groups is 1. The van der Waals surface area contributed by atoms with Gasteiger partial charge >= 0.3 is 0 Å². The predicted molar refractivity (Wildman–Crippen MR) is 78.6 cm³/mol. The van der Waals surface area contributed by atoms with Crippen LogP contribution in [0.2, 0.25) is 10.0 Å². The third kappa shape index (κ3) is 3.35. The van der Waals surface area contributed by atoms with Crippen LogP contribution in [0.25, 0.3) is 0 Å². The first-order valence-electron chi connectivity index (χ1n) is 5.40. The first kappa shape index (κ1) is 14.5. The van der Waals surface area contributed by atoms with Crippen LogP contribution in [0.1, 0.15) is 15.9 Å². The second kappa shape index (κ2) is 6.04. The van der Waals surface area contributed by atoms with E-state index in [0.717, 1.165) is 4.47 Å². The molecule has 0 aliphatic rings. The molecule has 1 nitrogen and oxygen atoms in total. The van der Waals surface area contributed by atoms with Crippen LogP contribution in [-0.4, -0.2) is 5.78 Å². The maximum Gasteiger partial charge on any atom is 0.168 e. The molecule has 0 bridgehead atoms. The summed E-state index contributed by atoms with van der Waals surface area (Å²) in [5.41, 5.74) is 0.528. The third-order valence-electron chi connectivity index (χ3n) is 2.63. The summed E-state index contributed by atoms with van der Waals surface area (Å²) in [7, 11) is 0. The van der Waals surface area contributed by atoms with Crippen molar-refractivity contribution in [1.82, 2.24) is 0 Å². The molecule has 0 spiro atoms. The van der Waals surface area contributed by atoms with Crippen molar-refractivity contribution < 1.29 is 9.18 Å². The van der Waals surface area contributed by atoms with Gasteiger partial charge in [0.15, 0.2) is 5.78 Å². The minimum Gasteiger partial charge on any atom is -0.294 e. The average Bonchev–Trinajstić information content (AvgIpc) is 2.37. The zero-order chi connectivity index (χ0) is 14.0. The van der Waals surface area contributed by atoms with Gasteiger partial charge < -0.3 is 0 Å². The van der Waals surface area contributed by atoms with Crippen molar-refractivity contribution in [3.63, 3.8) is 0 Å². The van der Waals surface area contributed by atoms with E-state index in [1.165, 1.54) is 12.1 Å². The predicted octanol–water partition coefficient (Wildman–Crippen LogP) is 5.32. The van der Waals surface area contributed by atoms with Gasteiger partial charge in [0, 0.05) is 27.0 Å². The van der Waals surface area contributed by atoms with Gasteiger partial charge in [-0.2, -0.15) is 0 Å². The number of benzene rings is 2. The van der Waals surface area contributed by atoms with Gasteiger partial charge in [0.2, 0.25) is 0 Å². The second-order valence-corrected chi connectivity index (χ2v) is 5.65. The average molecular weight is 362 g/mol. The van der Waals surface area contributed by atoms with Gasteiger partial charge in [0.1, 0.15) is 5.82 Å². The first-order chi connectivity index (χ1) is 8.99. The Bertz CT molecular complexity index is 623. The first-order valence-corrected chi connectivity index (χ1v) is 6.95. The highest BCUT2D eigenvalue weighted by Gasteiger charge is 2.16. The molecular formula is C14H8BrCl2FO. The summed E-state index contributed by atoms with van der Waals surface area (Å²) in [5, 5.41) is 0.570. The normalized spacial score (nSPS) is 10.5. The highest BCUT2D eigenvalue weighted by molar-refractivity contribution is 9.10. The molecule has 0 unspecified atom stereocenters. The molecule has 0 amide bonds. The smallest absolute Gasteiger partial charge is 0.168 e. The van der Waals surface area contributed by atoms with E-state index in [1.54, 1.807) is 24.3 Å². The van der Waals surface area contributed by atoms with E-state index in [9.17, 15) is 9.18 Å². The van der Waals surface area contributed by atoms with Gasteiger partial charge in [-0.25, -0.2) is 4.39 Å². The van der Waals surface area contributed by atoms with Crippen LogP contribution >= 0.6 is 39.1 Å². The van der Waals surface area contributed by atoms with Crippen LogP contribution < -0.4 is 0 Å². The maximum atomic E-state index is 13.6. The van der Waals surface area contributed by atoms with Crippen LogP contribution in [0.5, 0.6) is 0 Å². The topological polar surface area (TPSA) is 17.1 Å². The maximum absolute atomic E-state index is 13.6. The Hall–Kier alpha value is -0.900. The highest BCUT2D eigenvalue weighted by Crippen LogP contribution is 2.25. The fraction of sp³-hybridized carbons (Fsp3) is 0.0714. The Labute approximate surface area is 128 Å². The van der Waals surface area contributed by atoms with Crippen LogP contribution in [0, 0.1) is 5.82 Å². The number of hydrogen-bond donors (Lipinski definition) is 0. The number of rotatable bonds is 3. The minimum absolute atomic E-state index is 0.123. The Morgan fingerprint density at radius 2 is 1.89 bits per heavy atom. The SMILES string of the molecule is O=C(Cc1c(F)cccc1Cl)c1cc(Br)ccc1Cl. The fourth-order valence-electron chi connectivity index (χ4n) is 1.67. The third-order valence-corrected chi connectivity index (χ3v) is 3.80. The van der Waals surface area contributed by atoms with Gasteiger partial charge in [0.25, 0.3) is 0 Å². The molecule has 0 aliphatic carbocycles. The fourth-order valence-corrected chi connectivity index (χ4v) is 2.48. The standard InChI is InChI=1S/C14H8BrCl2FO/c15-8-4-5-12(17)10(6-8)14(19)7-9-11(16)2-1-3-13(9)18/h1-6H,7H2. The van der Waals surface area contributed by atoms with Crippen LogP contribution in [0.15, 0.2) is 40.9 Å². The van der Waals surface area contributed by atoms with E-state index in [1.807, 2.05) is 0 Å². The Kier molecular flexibility index (Phi) is 4.61. The van der Waals surface area contributed by atoms with Crippen molar-refractivity contribution in [2.45, 2.75) is 6.42 Å². The van der Waals surface area contributed by atoms with Gasteiger partial charge in [-0.1, -0.05) is 45.2 Å². The summed E-state index contributed by atoms with van der Waals surface area (Å²) in [4.78, 5) is 12.2. The van der Waals surface area contributed by atoms with E-state index in [2.05, 4.69) is 15.9 Å². The Morgan fingerprint density at radius 1 is 1.16 bits per heavy atom. The molecule has 2 aromatic carbocycles. The molecule has 0 fully saturated rings. The molecule has 19 heavy (non-hydrogen) atoms. The van der Waals surface area contributed by atoms with E-state index in [4.69, 9.17) is 23.2 Å². The number of carbonyl (C=O) groups excluding carboxylic acids is 1. The van der Waals surface area contributed by atoms with Crippen molar-refractivity contribution in [2.24, 2.45) is 0 Å². The van der Waals surface area contributed by atoms with Crippen molar-refractivity contribution in [3.05, 3.63) is 67.9 Å². The summed E-state index contributed by atoms with van der Waals surface area (Å²) in [6, 6.07) is 9.28. The Balaban J connectivity index is 2.34. The summed E-state index contributed by atoms with van der Waals surface area (Å²) >= 11 is 15.1. The molecule has 0 atom stereocenters. The molecule has 0 saturated heterocycles. The van der Waals surface area contributed by atoms with Crippen molar-refractivity contribution in [2.75, 3.05) is 0 Å². The van der Waals surface area contributed by atoms with E-state index < -0.39 is 5.82 Å². The molecule has 0 heterocycles. The number of Topliss-reactive ketones (excluding diaryl/α,β-unsaturated/α-hetero) is 1. The molecule has 0 aliphatic heterocycles. The zero-order valence-corrected chi connectivity index (χ0v) is 12.7. The molecule has 98 valence electrons. The Morgan fingerprint density at radius 3 is 2.58 bits per heavy atom. The quantitative estimate of drug-likeness (QED) is 0.676. The van der Waals surface area contributed by atoms with Gasteiger partial charge in [0.05, 0.1) is 5.02 Å². The van der Waals surface area contributed by atoms with Crippen molar-refractivity contribution >= 4 is 44.9 Å². The van der Waals surface area contributed by atoms with Gasteiger partial charge in [-0.05, 0) is 30.3 Å². The summed E-state index contributed by atoms with van der Waals surface area (Å²) < 4.78 is 14.4. The zero-order valence-electron chi connectivity index (χ0n) is 9.59. The lowest BCUT2D eigenvalue weighted by Gasteiger charge is -2.07. The lowest BCUT2D eigenvalue weighted by atomic mass is 10.0. The summed E-state index contributed by atoms with van der Waals surface area (Å²) in [6.45, 7) is 0. The lowest BCUT2D eigenvalue weighted by Crippen LogP contribution is -2.06. The van der Waals surface area contributed by atoms with Crippen LogP contribution in [0.4, 0.5) is 4.39 Å². The molecule has 5 heteroatoms. The lowest BCUT2D eigenvalue weighted by molar-refractivity contribution is 0.0992. The minimum atomic E-state index is -0.494. The monoisotopic (exact) mass is 360 g/mol. The van der Waals surface area contributed by atoms with E-state index >= 15 is 0 Å². The molecule has 2 aromatic rings. The summed E-state index contributed by atoms with van der Waals surface area (Å²) in [6.07, 6.45) is -0.123. The molecule has 0 saturated carbocycles. The molecule has 0 radical (unpaired) electrons. The van der Waals surface area contributed by atoms with E-state index in [-0.39, 0.29) is 22.8 Å². The van der Waals surface area contributed by atoms with E-state index in [0.29, 0.717) is 10.6 Å². The number of hydrogen-bond acceptors (Lipinski definition) is 1. The number of halogens is 4. The van der Waals surface area contributed by atoms with Crippen molar-refractivity contribution in [3.8, 4) is 0 Å². The highest BCUT2D eigenvalue weighted by atomic mass is 79.9. The second-order valence-electron chi connectivity index (χ2n) is 3.92.